The highest BCUT2D eigenvalue weighted by molar-refractivity contribution is 5.94. The van der Waals surface area contributed by atoms with Gasteiger partial charge in [-0.2, -0.15) is 0 Å². The Hall–Kier alpha value is -3.92. The zero-order valence-corrected chi connectivity index (χ0v) is 17.4. The van der Waals surface area contributed by atoms with E-state index in [1.54, 1.807) is 0 Å². The molecule has 0 fully saturated rings. The quantitative estimate of drug-likeness (QED) is 0.421. The number of carbonyl (C=O) groups is 1. The van der Waals surface area contributed by atoms with Gasteiger partial charge >= 0.3 is 0 Å². The molecule has 5 aromatic rings. The van der Waals surface area contributed by atoms with E-state index in [9.17, 15) is 4.79 Å². The minimum Gasteiger partial charge on any atom is -0.345 e. The zero-order chi connectivity index (χ0) is 21.2. The molecule has 1 heterocycles. The van der Waals surface area contributed by atoms with Crippen LogP contribution >= 0.6 is 0 Å². The zero-order valence-electron chi connectivity index (χ0n) is 17.4. The van der Waals surface area contributed by atoms with Gasteiger partial charge in [0.25, 0.3) is 5.91 Å². The molecule has 1 amide bonds. The lowest BCUT2D eigenvalue weighted by atomic mass is 10.0. The van der Waals surface area contributed by atoms with E-state index < -0.39 is 0 Å². The minimum absolute atomic E-state index is 0.0937. The number of nitrogens with one attached hydrogen (secondary N) is 1. The van der Waals surface area contributed by atoms with Gasteiger partial charge in [0.2, 0.25) is 0 Å². The van der Waals surface area contributed by atoms with Crippen LogP contribution in [-0.4, -0.2) is 15.5 Å². The number of nitrogens with zero attached hydrogens (tertiary/aromatic N) is 2. The van der Waals surface area contributed by atoms with E-state index in [0.717, 1.165) is 22.4 Å². The SMILES string of the molecule is Cc1ccc(C(=O)NCc2nc3ccccc3n2Cc2cccc3ccccc23)cc1. The molecule has 0 bridgehead atoms. The molecule has 4 nitrogen and oxygen atoms in total. The van der Waals surface area contributed by atoms with Crippen LogP contribution in [0.4, 0.5) is 0 Å². The van der Waals surface area contributed by atoms with Crippen LogP contribution in [0.5, 0.6) is 0 Å². The predicted octanol–water partition coefficient (Wildman–Crippen LogP) is 5.48. The van der Waals surface area contributed by atoms with Gasteiger partial charge in [-0.15, -0.1) is 0 Å². The highest BCUT2D eigenvalue weighted by Gasteiger charge is 2.14. The van der Waals surface area contributed by atoms with E-state index >= 15 is 0 Å². The Balaban J connectivity index is 1.48. The van der Waals surface area contributed by atoms with Crippen LogP contribution in [0.25, 0.3) is 21.8 Å². The first-order chi connectivity index (χ1) is 15.2. The summed E-state index contributed by atoms with van der Waals surface area (Å²) in [4.78, 5) is 17.5. The van der Waals surface area contributed by atoms with Gasteiger partial charge in [-0.05, 0) is 47.5 Å². The van der Waals surface area contributed by atoms with Crippen LogP contribution < -0.4 is 5.32 Å². The maximum atomic E-state index is 12.6. The van der Waals surface area contributed by atoms with E-state index in [4.69, 9.17) is 4.98 Å². The number of aryl methyl sites for hydroxylation is 1. The monoisotopic (exact) mass is 405 g/mol. The van der Waals surface area contributed by atoms with Crippen molar-refractivity contribution in [2.45, 2.75) is 20.0 Å². The van der Waals surface area contributed by atoms with Crippen LogP contribution in [0, 0.1) is 6.92 Å². The molecular weight excluding hydrogens is 382 g/mol. The third-order valence-electron chi connectivity index (χ3n) is 5.66. The van der Waals surface area contributed by atoms with Crippen LogP contribution in [0.1, 0.15) is 27.3 Å². The Morgan fingerprint density at radius 2 is 1.61 bits per heavy atom. The Bertz CT molecular complexity index is 1380. The molecule has 152 valence electrons. The molecule has 5 rings (SSSR count). The van der Waals surface area contributed by atoms with Crippen LogP contribution in [0.15, 0.2) is 91.0 Å². The Kier molecular flexibility index (Phi) is 4.97. The van der Waals surface area contributed by atoms with Crippen molar-refractivity contribution in [1.29, 1.82) is 0 Å². The van der Waals surface area contributed by atoms with Crippen LogP contribution in [0.2, 0.25) is 0 Å². The van der Waals surface area contributed by atoms with Gasteiger partial charge in [-0.25, -0.2) is 4.98 Å². The maximum absolute atomic E-state index is 12.6. The summed E-state index contributed by atoms with van der Waals surface area (Å²) in [6, 6.07) is 30.5. The fourth-order valence-corrected chi connectivity index (χ4v) is 4.00. The molecule has 1 aromatic heterocycles. The Labute approximate surface area is 181 Å². The van der Waals surface area contributed by atoms with Crippen LogP contribution in [-0.2, 0) is 13.1 Å². The third kappa shape index (κ3) is 3.80. The summed E-state index contributed by atoms with van der Waals surface area (Å²) in [7, 11) is 0. The Morgan fingerprint density at radius 3 is 2.48 bits per heavy atom. The first kappa shape index (κ1) is 19.1. The van der Waals surface area contributed by atoms with E-state index in [1.807, 2.05) is 49.4 Å². The lowest BCUT2D eigenvalue weighted by Gasteiger charge is -2.12. The topological polar surface area (TPSA) is 46.9 Å². The number of para-hydroxylation sites is 2. The molecule has 0 spiro atoms. The molecule has 0 aliphatic carbocycles. The summed E-state index contributed by atoms with van der Waals surface area (Å²) < 4.78 is 2.20. The number of benzene rings is 4. The molecule has 0 saturated carbocycles. The normalized spacial score (nSPS) is 11.1. The molecule has 31 heavy (non-hydrogen) atoms. The van der Waals surface area contributed by atoms with E-state index in [-0.39, 0.29) is 5.91 Å². The highest BCUT2D eigenvalue weighted by atomic mass is 16.1. The largest absolute Gasteiger partial charge is 0.345 e. The number of amides is 1. The number of rotatable bonds is 5. The van der Waals surface area contributed by atoms with Crippen molar-refractivity contribution in [1.82, 2.24) is 14.9 Å². The molecule has 0 saturated heterocycles. The first-order valence-electron chi connectivity index (χ1n) is 10.4. The second-order valence-corrected chi connectivity index (χ2v) is 7.79. The molecule has 0 aliphatic rings. The summed E-state index contributed by atoms with van der Waals surface area (Å²) in [6.07, 6.45) is 0. The standard InChI is InChI=1S/C27H23N3O/c1-19-13-15-21(16-14-19)27(31)28-17-26-29-24-11-4-5-12-25(24)30(26)18-22-9-6-8-20-7-2-3-10-23(20)22/h2-16H,17-18H2,1H3,(H,28,31). The van der Waals surface area contributed by atoms with Crippen molar-refractivity contribution < 1.29 is 4.79 Å². The molecular formula is C27H23N3O. The van der Waals surface area contributed by atoms with Crippen molar-refractivity contribution in [2.75, 3.05) is 0 Å². The summed E-state index contributed by atoms with van der Waals surface area (Å²) in [5, 5.41) is 5.49. The van der Waals surface area contributed by atoms with Crippen molar-refractivity contribution in [2.24, 2.45) is 0 Å². The van der Waals surface area contributed by atoms with Gasteiger partial charge in [0.15, 0.2) is 0 Å². The average Bonchev–Trinajstić information content (AvgIpc) is 3.15. The van der Waals surface area contributed by atoms with Crippen molar-refractivity contribution in [3.05, 3.63) is 114 Å². The minimum atomic E-state index is -0.0937. The van der Waals surface area contributed by atoms with Crippen molar-refractivity contribution in [3.63, 3.8) is 0 Å². The predicted molar refractivity (Wildman–Crippen MR) is 125 cm³/mol. The Morgan fingerprint density at radius 1 is 0.871 bits per heavy atom. The number of hydrogen-bond acceptors (Lipinski definition) is 2. The fraction of sp³-hybridized carbons (Fsp3) is 0.111. The summed E-state index contributed by atoms with van der Waals surface area (Å²) in [5.41, 5.74) is 5.01. The van der Waals surface area contributed by atoms with Gasteiger partial charge in [-0.3, -0.25) is 4.79 Å². The summed E-state index contributed by atoms with van der Waals surface area (Å²) in [6.45, 7) is 3.07. The second kappa shape index (κ2) is 8.07. The summed E-state index contributed by atoms with van der Waals surface area (Å²) in [5.74, 6) is 0.748. The molecule has 4 aromatic carbocycles. The molecule has 0 aliphatic heterocycles. The number of hydrogen-bond donors (Lipinski definition) is 1. The van der Waals surface area contributed by atoms with Gasteiger partial charge in [0.05, 0.1) is 24.1 Å². The fourth-order valence-electron chi connectivity index (χ4n) is 4.00. The van der Waals surface area contributed by atoms with Gasteiger partial charge in [0.1, 0.15) is 5.82 Å². The van der Waals surface area contributed by atoms with Crippen molar-refractivity contribution in [3.8, 4) is 0 Å². The van der Waals surface area contributed by atoms with Crippen molar-refractivity contribution >= 4 is 27.7 Å². The molecule has 0 radical (unpaired) electrons. The number of imidazole rings is 1. The lowest BCUT2D eigenvalue weighted by molar-refractivity contribution is 0.0949. The number of carbonyl (C=O) groups excluding carboxylic acids is 1. The van der Waals surface area contributed by atoms with Gasteiger partial charge in [-0.1, -0.05) is 72.3 Å². The van der Waals surface area contributed by atoms with Gasteiger partial charge < -0.3 is 9.88 Å². The van der Waals surface area contributed by atoms with Crippen LogP contribution in [0.3, 0.4) is 0 Å². The van der Waals surface area contributed by atoms with Gasteiger partial charge in [0, 0.05) is 5.56 Å². The molecule has 0 unspecified atom stereocenters. The second-order valence-electron chi connectivity index (χ2n) is 7.79. The molecule has 1 N–H and O–H groups in total. The van der Waals surface area contributed by atoms with E-state index in [1.165, 1.54) is 16.3 Å². The van der Waals surface area contributed by atoms with E-state index in [2.05, 4.69) is 58.4 Å². The highest BCUT2D eigenvalue weighted by Crippen LogP contribution is 2.23. The lowest BCUT2D eigenvalue weighted by Crippen LogP contribution is -2.24. The van der Waals surface area contributed by atoms with E-state index in [0.29, 0.717) is 18.7 Å². The number of fused-ring (bicyclic) bond motifs is 2. The average molecular weight is 406 g/mol. The third-order valence-corrected chi connectivity index (χ3v) is 5.66. The number of aromatic nitrogens is 2. The maximum Gasteiger partial charge on any atom is 0.251 e. The molecule has 4 heteroatoms. The summed E-state index contributed by atoms with van der Waals surface area (Å²) >= 11 is 0. The smallest absolute Gasteiger partial charge is 0.251 e. The molecule has 0 atom stereocenters. The first-order valence-corrected chi connectivity index (χ1v) is 10.4.